The van der Waals surface area contributed by atoms with Gasteiger partial charge in [0.2, 0.25) is 0 Å². The number of alkyl halides is 2. The zero-order chi connectivity index (χ0) is 32.5. The van der Waals surface area contributed by atoms with Crippen molar-refractivity contribution in [3.05, 3.63) is 83.4 Å². The SMILES string of the molecule is CC(C)c1nc2nn(C)cc2cc1-c1nc(-c2cccc3nn(CC(F)(F)c4ccc(C(=O)N(C)C)cc4)cc23)c(C2CC2)n1C. The monoisotopic (exact) mass is 622 g/mol. The average molecular weight is 623 g/mol. The molecular formula is C35H36F2N8O. The summed E-state index contributed by atoms with van der Waals surface area (Å²) in [5, 5.41) is 10.8. The molecular weight excluding hydrogens is 586 g/mol. The second-order valence-corrected chi connectivity index (χ2v) is 12.8. The number of rotatable bonds is 8. The number of fused-ring (bicyclic) bond motifs is 2. The van der Waals surface area contributed by atoms with Crippen LogP contribution in [0.4, 0.5) is 8.78 Å². The lowest BCUT2D eigenvalue weighted by Gasteiger charge is -2.17. The van der Waals surface area contributed by atoms with Crippen molar-refractivity contribution in [1.29, 1.82) is 0 Å². The predicted molar refractivity (Wildman–Crippen MR) is 174 cm³/mol. The first-order chi connectivity index (χ1) is 21.9. The van der Waals surface area contributed by atoms with Crippen molar-refractivity contribution in [1.82, 2.24) is 39.0 Å². The van der Waals surface area contributed by atoms with Crippen LogP contribution in [-0.2, 0) is 26.6 Å². The molecule has 1 fully saturated rings. The predicted octanol–water partition coefficient (Wildman–Crippen LogP) is 6.88. The third kappa shape index (κ3) is 5.13. The molecule has 46 heavy (non-hydrogen) atoms. The quantitative estimate of drug-likeness (QED) is 0.185. The number of pyridine rings is 1. The van der Waals surface area contributed by atoms with Crippen LogP contribution in [0.15, 0.2) is 60.9 Å². The molecule has 4 aromatic heterocycles. The Bertz CT molecular complexity index is 2120. The number of nitrogens with zero attached hydrogens (tertiary/aromatic N) is 8. The van der Waals surface area contributed by atoms with E-state index in [0.717, 1.165) is 57.6 Å². The first-order valence-corrected chi connectivity index (χ1v) is 15.5. The Morgan fingerprint density at radius 1 is 1.00 bits per heavy atom. The largest absolute Gasteiger partial charge is 0.345 e. The Labute approximate surface area is 265 Å². The number of aromatic nitrogens is 7. The van der Waals surface area contributed by atoms with Crippen LogP contribution >= 0.6 is 0 Å². The zero-order valence-electron chi connectivity index (χ0n) is 26.8. The molecule has 6 aromatic rings. The van der Waals surface area contributed by atoms with Crippen molar-refractivity contribution in [3.63, 3.8) is 0 Å². The maximum Gasteiger partial charge on any atom is 0.292 e. The molecule has 0 saturated heterocycles. The maximum absolute atomic E-state index is 15.5. The van der Waals surface area contributed by atoms with Crippen molar-refractivity contribution in [3.8, 4) is 22.6 Å². The first kappa shape index (κ1) is 29.8. The summed E-state index contributed by atoms with van der Waals surface area (Å²) < 4.78 is 36.3. The van der Waals surface area contributed by atoms with Gasteiger partial charge in [-0.05, 0) is 43.0 Å². The van der Waals surface area contributed by atoms with Crippen LogP contribution in [0.2, 0.25) is 0 Å². The van der Waals surface area contributed by atoms with E-state index in [0.29, 0.717) is 22.6 Å². The smallest absolute Gasteiger partial charge is 0.292 e. The summed E-state index contributed by atoms with van der Waals surface area (Å²) in [6.45, 7) is 3.60. The van der Waals surface area contributed by atoms with Crippen molar-refractivity contribution in [2.45, 2.75) is 51.0 Å². The lowest BCUT2D eigenvalue weighted by atomic mass is 10.0. The Balaban J connectivity index is 1.29. The summed E-state index contributed by atoms with van der Waals surface area (Å²) in [7, 11) is 7.20. The Morgan fingerprint density at radius 2 is 1.74 bits per heavy atom. The van der Waals surface area contributed by atoms with Gasteiger partial charge in [0, 0.05) is 85.2 Å². The van der Waals surface area contributed by atoms with Gasteiger partial charge < -0.3 is 9.47 Å². The Morgan fingerprint density at radius 3 is 2.41 bits per heavy atom. The fraction of sp³-hybridized carbons (Fsp3) is 0.343. The summed E-state index contributed by atoms with van der Waals surface area (Å²) in [6.07, 6.45) is 5.80. The maximum atomic E-state index is 15.5. The van der Waals surface area contributed by atoms with Gasteiger partial charge in [0.25, 0.3) is 11.8 Å². The summed E-state index contributed by atoms with van der Waals surface area (Å²) in [4.78, 5) is 23.8. The number of carbonyl (C=O) groups excluding carboxylic acids is 1. The molecule has 0 radical (unpaired) electrons. The summed E-state index contributed by atoms with van der Waals surface area (Å²) >= 11 is 0. The van der Waals surface area contributed by atoms with Gasteiger partial charge in [-0.1, -0.05) is 38.1 Å². The van der Waals surface area contributed by atoms with Crippen molar-refractivity contribution < 1.29 is 13.6 Å². The molecule has 236 valence electrons. The number of halogens is 2. The molecule has 4 heterocycles. The second kappa shape index (κ2) is 10.9. The third-order valence-corrected chi connectivity index (χ3v) is 8.70. The molecule has 7 rings (SSSR count). The first-order valence-electron chi connectivity index (χ1n) is 15.5. The molecule has 0 spiro atoms. The summed E-state index contributed by atoms with van der Waals surface area (Å²) in [5.74, 6) is -2.09. The molecule has 11 heteroatoms. The minimum Gasteiger partial charge on any atom is -0.345 e. The lowest BCUT2D eigenvalue weighted by Crippen LogP contribution is -2.23. The van der Waals surface area contributed by atoms with Crippen molar-refractivity contribution in [2.75, 3.05) is 14.1 Å². The number of hydrogen-bond acceptors (Lipinski definition) is 5. The molecule has 0 aliphatic heterocycles. The van der Waals surface area contributed by atoms with E-state index in [1.165, 1.54) is 33.8 Å². The number of imidazole rings is 1. The molecule has 0 bridgehead atoms. The lowest BCUT2D eigenvalue weighted by molar-refractivity contribution is -0.0252. The fourth-order valence-electron chi connectivity index (χ4n) is 6.27. The highest BCUT2D eigenvalue weighted by Crippen LogP contribution is 2.47. The molecule has 0 unspecified atom stereocenters. The van der Waals surface area contributed by atoms with E-state index in [2.05, 4.69) is 41.7 Å². The number of benzene rings is 2. The summed E-state index contributed by atoms with van der Waals surface area (Å²) in [6, 6.07) is 13.4. The van der Waals surface area contributed by atoms with Gasteiger partial charge in [-0.2, -0.15) is 19.0 Å². The molecule has 9 nitrogen and oxygen atoms in total. The van der Waals surface area contributed by atoms with Crippen molar-refractivity contribution >= 4 is 27.8 Å². The molecule has 1 saturated carbocycles. The molecule has 1 aliphatic rings. The van der Waals surface area contributed by atoms with E-state index < -0.39 is 12.5 Å². The van der Waals surface area contributed by atoms with E-state index in [4.69, 9.17) is 9.97 Å². The van der Waals surface area contributed by atoms with Crippen LogP contribution in [0.25, 0.3) is 44.6 Å². The van der Waals surface area contributed by atoms with Crippen molar-refractivity contribution in [2.24, 2.45) is 14.1 Å². The Kier molecular flexibility index (Phi) is 7.02. The van der Waals surface area contributed by atoms with Crippen LogP contribution in [0.5, 0.6) is 0 Å². The number of aryl methyl sites for hydroxylation is 1. The van der Waals surface area contributed by atoms with Crippen LogP contribution in [-0.4, -0.2) is 59.0 Å². The normalized spacial score (nSPS) is 13.8. The van der Waals surface area contributed by atoms with E-state index in [-0.39, 0.29) is 17.4 Å². The van der Waals surface area contributed by atoms with Gasteiger partial charge in [0.15, 0.2) is 5.65 Å². The average Bonchev–Trinajstić information content (AvgIpc) is 3.51. The van der Waals surface area contributed by atoms with E-state index in [1.54, 1.807) is 25.0 Å². The highest BCUT2D eigenvalue weighted by atomic mass is 19.3. The third-order valence-electron chi connectivity index (χ3n) is 8.70. The minimum atomic E-state index is -3.20. The zero-order valence-corrected chi connectivity index (χ0v) is 26.8. The van der Waals surface area contributed by atoms with Gasteiger partial charge in [0.05, 0.1) is 16.9 Å². The van der Waals surface area contributed by atoms with Gasteiger partial charge in [-0.15, -0.1) is 0 Å². The van der Waals surface area contributed by atoms with Gasteiger partial charge in [-0.25, -0.2) is 9.97 Å². The number of carbonyl (C=O) groups is 1. The van der Waals surface area contributed by atoms with Crippen LogP contribution in [0, 0.1) is 0 Å². The molecule has 0 N–H and O–H groups in total. The van der Waals surface area contributed by atoms with Gasteiger partial charge in [-0.3, -0.25) is 14.2 Å². The summed E-state index contributed by atoms with van der Waals surface area (Å²) in [5.41, 5.74) is 6.25. The number of hydrogen-bond donors (Lipinski definition) is 0. The molecule has 0 atom stereocenters. The van der Waals surface area contributed by atoms with E-state index >= 15 is 8.78 Å². The molecule has 1 amide bonds. The highest BCUT2D eigenvalue weighted by Gasteiger charge is 2.35. The highest BCUT2D eigenvalue weighted by molar-refractivity contribution is 5.95. The van der Waals surface area contributed by atoms with Gasteiger partial charge in [0.1, 0.15) is 12.4 Å². The minimum absolute atomic E-state index is 0.152. The van der Waals surface area contributed by atoms with E-state index in [1.807, 2.05) is 31.4 Å². The molecule has 2 aromatic carbocycles. The van der Waals surface area contributed by atoms with Crippen LogP contribution in [0.1, 0.15) is 65.8 Å². The van der Waals surface area contributed by atoms with E-state index in [9.17, 15) is 4.79 Å². The topological polar surface area (TPSA) is 86.7 Å². The second-order valence-electron chi connectivity index (χ2n) is 12.8. The fourth-order valence-corrected chi connectivity index (χ4v) is 6.27. The van der Waals surface area contributed by atoms with Crippen LogP contribution < -0.4 is 0 Å². The Hall–Kier alpha value is -4.93. The molecule has 1 aliphatic carbocycles. The van der Waals surface area contributed by atoms with Crippen LogP contribution in [0.3, 0.4) is 0 Å². The standard InChI is InChI=1S/C35H36F2N8O/c1-20(2)29-26(16-23-17-43(5)41-32(23)38-29)33-39-30(31(44(33)6)21-10-11-21)25-8-7-9-28-27(25)18-45(40-28)19-35(36,37)24-14-12-22(13-15-24)34(46)42(3)4/h7-9,12-18,20-21H,10-11,19H2,1-6H3. The number of amides is 1. The van der Waals surface area contributed by atoms with Gasteiger partial charge >= 0.3 is 0 Å².